The monoisotopic (exact) mass is 348 g/mol. The molecule has 122 valence electrons. The van der Waals surface area contributed by atoms with Crippen molar-refractivity contribution in [2.75, 3.05) is 6.67 Å². The second kappa shape index (κ2) is 5.18. The molecular formula is C5H2F10O4S. The van der Waals surface area contributed by atoms with Gasteiger partial charge in [0, 0.05) is 0 Å². The smallest absolute Gasteiger partial charge is 0.246 e. The Morgan fingerprint density at radius 1 is 0.800 bits per heavy atom. The summed E-state index contributed by atoms with van der Waals surface area (Å²) in [6.45, 7) is -3.04. The van der Waals surface area contributed by atoms with E-state index in [0.717, 1.165) is 0 Å². The third kappa shape index (κ3) is 4.34. The third-order valence-corrected chi connectivity index (χ3v) is 2.27. The largest absolute Gasteiger partial charge is 0.523 e. The number of hydrogen-bond donors (Lipinski definition) is 0. The zero-order chi connectivity index (χ0) is 16.6. The predicted molar refractivity (Wildman–Crippen MR) is 38.0 cm³/mol. The van der Waals surface area contributed by atoms with Gasteiger partial charge in [-0.25, -0.2) is 9.13 Å². The summed E-state index contributed by atoms with van der Waals surface area (Å²) in [6, 6.07) is 0. The molecule has 0 spiro atoms. The molecule has 0 heterocycles. The summed E-state index contributed by atoms with van der Waals surface area (Å²) in [5.41, 5.74) is -6.53. The lowest BCUT2D eigenvalue weighted by Gasteiger charge is -2.27. The van der Waals surface area contributed by atoms with Gasteiger partial charge in [0.15, 0.2) is 6.67 Å². The number of rotatable bonds is 6. The quantitative estimate of drug-likeness (QED) is 0.421. The van der Waals surface area contributed by atoms with Crippen LogP contribution in [0.1, 0.15) is 0 Å². The van der Waals surface area contributed by atoms with Crippen molar-refractivity contribution in [1.29, 1.82) is 0 Å². The molecule has 15 heteroatoms. The lowest BCUT2D eigenvalue weighted by atomic mass is 10.5. The van der Waals surface area contributed by atoms with Gasteiger partial charge < -0.3 is 0 Å². The van der Waals surface area contributed by atoms with Crippen LogP contribution in [-0.4, -0.2) is 38.9 Å². The van der Waals surface area contributed by atoms with Crippen LogP contribution in [0.15, 0.2) is 0 Å². The van der Waals surface area contributed by atoms with Crippen LogP contribution >= 0.6 is 0 Å². The van der Waals surface area contributed by atoms with Crippen molar-refractivity contribution in [1.82, 2.24) is 0 Å². The first kappa shape index (κ1) is 19.2. The lowest BCUT2D eigenvalue weighted by Crippen LogP contribution is -2.51. The number of halogens is 10. The summed E-state index contributed by atoms with van der Waals surface area (Å²) < 4.78 is 144. The molecule has 20 heavy (non-hydrogen) atoms. The van der Waals surface area contributed by atoms with E-state index in [1.807, 2.05) is 8.92 Å². The summed E-state index contributed by atoms with van der Waals surface area (Å²) in [6.07, 6.45) is -18.8. The fourth-order valence-electron chi connectivity index (χ4n) is 0.508. The van der Waals surface area contributed by atoms with Crippen LogP contribution in [0, 0.1) is 0 Å². The highest BCUT2D eigenvalue weighted by molar-refractivity contribution is 7.87. The molecule has 0 saturated heterocycles. The molecule has 0 aromatic rings. The lowest BCUT2D eigenvalue weighted by molar-refractivity contribution is -0.467. The number of hydrogen-bond acceptors (Lipinski definition) is 4. The number of ether oxygens (including phenoxy) is 1. The summed E-state index contributed by atoms with van der Waals surface area (Å²) in [5, 5.41) is 0. The Morgan fingerprint density at radius 3 is 1.50 bits per heavy atom. The zero-order valence-corrected chi connectivity index (χ0v) is 9.34. The Labute approximate surface area is 103 Å². The first-order valence-electron chi connectivity index (χ1n) is 3.89. The second-order valence-corrected chi connectivity index (χ2v) is 4.43. The minimum absolute atomic E-state index is 1.83. The van der Waals surface area contributed by atoms with Crippen LogP contribution in [0.4, 0.5) is 43.9 Å². The van der Waals surface area contributed by atoms with Crippen molar-refractivity contribution >= 4 is 10.1 Å². The molecule has 0 amide bonds. The van der Waals surface area contributed by atoms with E-state index < -0.39 is 40.6 Å². The highest BCUT2D eigenvalue weighted by Gasteiger charge is 2.68. The SMILES string of the molecule is O=S(=O)(OC(F)(F)C(F)(F)OC(F)(F)CF)C(F)(F)F. The summed E-state index contributed by atoms with van der Waals surface area (Å²) in [4.78, 5) is 0. The van der Waals surface area contributed by atoms with Crippen LogP contribution in [0.3, 0.4) is 0 Å². The van der Waals surface area contributed by atoms with E-state index in [0.29, 0.717) is 0 Å². The van der Waals surface area contributed by atoms with Crippen LogP contribution in [0.5, 0.6) is 0 Å². The average Bonchev–Trinajstić information content (AvgIpc) is 2.12. The molecule has 0 unspecified atom stereocenters. The summed E-state index contributed by atoms with van der Waals surface area (Å²) in [7, 11) is -7.25. The molecule has 0 fully saturated rings. The predicted octanol–water partition coefficient (Wildman–Crippen LogP) is 2.62. The first-order chi connectivity index (χ1) is 8.47. The Hall–Kier alpha value is -0.830. The highest BCUT2D eigenvalue weighted by atomic mass is 32.2. The van der Waals surface area contributed by atoms with E-state index in [4.69, 9.17) is 0 Å². The second-order valence-electron chi connectivity index (χ2n) is 2.89. The molecule has 0 bridgehead atoms. The Bertz CT molecular complexity index is 439. The van der Waals surface area contributed by atoms with Crippen LogP contribution in [0.2, 0.25) is 0 Å². The van der Waals surface area contributed by atoms with E-state index in [-0.39, 0.29) is 0 Å². The van der Waals surface area contributed by atoms with Crippen LogP contribution in [0.25, 0.3) is 0 Å². The molecule has 0 atom stereocenters. The van der Waals surface area contributed by atoms with Crippen LogP contribution < -0.4 is 0 Å². The van der Waals surface area contributed by atoms with Gasteiger partial charge >= 0.3 is 34.0 Å². The maximum Gasteiger partial charge on any atom is 0.523 e. The maximum atomic E-state index is 12.5. The van der Waals surface area contributed by atoms with E-state index in [1.165, 1.54) is 0 Å². The molecule has 0 N–H and O–H groups in total. The molecule has 0 rings (SSSR count). The Balaban J connectivity index is 5.34. The maximum absolute atomic E-state index is 12.5. The minimum Gasteiger partial charge on any atom is -0.246 e. The zero-order valence-electron chi connectivity index (χ0n) is 8.53. The van der Waals surface area contributed by atoms with Gasteiger partial charge in [-0.05, 0) is 0 Å². The van der Waals surface area contributed by atoms with E-state index >= 15 is 0 Å². The molecule has 0 aromatic carbocycles. The third-order valence-electron chi connectivity index (χ3n) is 1.27. The summed E-state index contributed by atoms with van der Waals surface area (Å²) >= 11 is 0. The van der Waals surface area contributed by atoms with Crippen molar-refractivity contribution in [3.8, 4) is 0 Å². The molecule has 0 radical (unpaired) electrons. The van der Waals surface area contributed by atoms with Crippen molar-refractivity contribution in [2.45, 2.75) is 23.8 Å². The van der Waals surface area contributed by atoms with Crippen molar-refractivity contribution in [3.05, 3.63) is 0 Å². The van der Waals surface area contributed by atoms with Gasteiger partial charge in [0.25, 0.3) is 0 Å². The highest BCUT2D eigenvalue weighted by Crippen LogP contribution is 2.43. The molecule has 0 aliphatic rings. The molecular weight excluding hydrogens is 346 g/mol. The van der Waals surface area contributed by atoms with Crippen molar-refractivity contribution in [2.24, 2.45) is 0 Å². The fraction of sp³-hybridized carbons (Fsp3) is 1.00. The van der Waals surface area contributed by atoms with Crippen molar-refractivity contribution < 1.29 is 61.2 Å². The first-order valence-corrected chi connectivity index (χ1v) is 5.30. The van der Waals surface area contributed by atoms with Gasteiger partial charge in [0.05, 0.1) is 0 Å². The average molecular weight is 348 g/mol. The van der Waals surface area contributed by atoms with Gasteiger partial charge in [-0.1, -0.05) is 0 Å². The molecule has 0 saturated carbocycles. The molecule has 0 aliphatic carbocycles. The van der Waals surface area contributed by atoms with E-state index in [9.17, 15) is 52.3 Å². The van der Waals surface area contributed by atoms with Gasteiger partial charge in [-0.2, -0.15) is 52.1 Å². The molecule has 0 aromatic heterocycles. The number of alkyl halides is 10. The fourth-order valence-corrected chi connectivity index (χ4v) is 0.975. The van der Waals surface area contributed by atoms with Crippen LogP contribution in [-0.2, 0) is 19.0 Å². The molecule has 4 nitrogen and oxygen atoms in total. The Kier molecular flexibility index (Phi) is 4.96. The topological polar surface area (TPSA) is 52.6 Å². The van der Waals surface area contributed by atoms with E-state index in [1.54, 1.807) is 0 Å². The summed E-state index contributed by atoms with van der Waals surface area (Å²) in [5.74, 6) is 0. The standard InChI is InChI=1S/C5H2F10O4S/c6-1-2(7,8)18-3(9,10)4(11,12)19-20(16,17)5(13,14)15/h1H2. The van der Waals surface area contributed by atoms with Gasteiger partial charge in [-0.15, -0.1) is 0 Å². The molecule has 0 aliphatic heterocycles. The minimum atomic E-state index is -7.25. The normalized spacial score (nSPS) is 15.5. The Morgan fingerprint density at radius 2 is 1.20 bits per heavy atom. The van der Waals surface area contributed by atoms with Crippen molar-refractivity contribution in [3.63, 3.8) is 0 Å². The van der Waals surface area contributed by atoms with E-state index in [2.05, 4.69) is 0 Å². The van der Waals surface area contributed by atoms with Gasteiger partial charge in [0.1, 0.15) is 0 Å². The van der Waals surface area contributed by atoms with Gasteiger partial charge in [-0.3, -0.25) is 0 Å². The van der Waals surface area contributed by atoms with Gasteiger partial charge in [0.2, 0.25) is 0 Å².